The highest BCUT2D eigenvalue weighted by Gasteiger charge is 2.33. The minimum absolute atomic E-state index is 0.0200. The van der Waals surface area contributed by atoms with Gasteiger partial charge in [0.15, 0.2) is 16.7 Å². The zero-order valence-corrected chi connectivity index (χ0v) is 24.3. The number of amidine groups is 1. The Kier molecular flexibility index (Phi) is 9.48. The Morgan fingerprint density at radius 2 is 1.85 bits per heavy atom. The molecule has 1 fully saturated rings. The van der Waals surface area contributed by atoms with Crippen molar-refractivity contribution in [3.8, 4) is 11.5 Å². The Balaban J connectivity index is 1.69. The second kappa shape index (κ2) is 13.0. The van der Waals surface area contributed by atoms with E-state index in [0.29, 0.717) is 28.2 Å². The molecular formula is C30H29BrN2O5S. The van der Waals surface area contributed by atoms with Crippen LogP contribution in [0.2, 0.25) is 0 Å². The molecule has 3 aromatic carbocycles. The first-order valence-electron chi connectivity index (χ1n) is 12.6. The number of nitrogens with zero attached hydrogens (tertiary/aromatic N) is 2. The van der Waals surface area contributed by atoms with Crippen molar-refractivity contribution < 1.29 is 24.2 Å². The van der Waals surface area contributed by atoms with Crippen molar-refractivity contribution in [2.24, 2.45) is 4.99 Å². The molecule has 1 amide bonds. The normalized spacial score (nSPS) is 16.1. The minimum Gasteiger partial charge on any atom is -0.490 e. The summed E-state index contributed by atoms with van der Waals surface area (Å²) in [6, 6.07) is 19.7. The second-order valence-electron chi connectivity index (χ2n) is 8.83. The number of benzene rings is 3. The van der Waals surface area contributed by atoms with Gasteiger partial charge in [0.05, 0.1) is 39.9 Å². The van der Waals surface area contributed by atoms with Crippen LogP contribution in [0.3, 0.4) is 0 Å². The summed E-state index contributed by atoms with van der Waals surface area (Å²) in [6.45, 7) is 6.70. The fourth-order valence-electron chi connectivity index (χ4n) is 3.76. The molecule has 7 nitrogen and oxygen atoms in total. The number of halogens is 1. The van der Waals surface area contributed by atoms with Crippen molar-refractivity contribution in [2.75, 3.05) is 6.61 Å². The molecule has 1 unspecified atom stereocenters. The Morgan fingerprint density at radius 1 is 1.13 bits per heavy atom. The van der Waals surface area contributed by atoms with Crippen LogP contribution in [-0.4, -0.2) is 39.8 Å². The quantitative estimate of drug-likeness (QED) is 0.239. The molecule has 1 saturated heterocycles. The van der Waals surface area contributed by atoms with Gasteiger partial charge in [-0.2, -0.15) is 0 Å². The van der Waals surface area contributed by atoms with Crippen LogP contribution < -0.4 is 9.47 Å². The SMILES string of the molecule is CCOc1cc(/C=C2/SC(=Nc3ccccc3)N(Cc3ccc(C(=O)O)cc3)C2=O)cc(Br)c1OC(C)CC. The molecule has 1 heterocycles. The number of ether oxygens (including phenoxy) is 2. The molecule has 4 rings (SSSR count). The third-order valence-electron chi connectivity index (χ3n) is 5.93. The molecule has 1 aliphatic rings. The highest BCUT2D eigenvalue weighted by molar-refractivity contribution is 9.10. The Labute approximate surface area is 240 Å². The maximum atomic E-state index is 13.6. The Bertz CT molecular complexity index is 1410. The summed E-state index contributed by atoms with van der Waals surface area (Å²) >= 11 is 4.91. The van der Waals surface area contributed by atoms with E-state index in [2.05, 4.69) is 22.9 Å². The average Bonchev–Trinajstić information content (AvgIpc) is 3.20. The summed E-state index contributed by atoms with van der Waals surface area (Å²) in [5, 5.41) is 9.76. The number of hydrogen-bond donors (Lipinski definition) is 1. The van der Waals surface area contributed by atoms with E-state index in [1.165, 1.54) is 23.9 Å². The molecule has 39 heavy (non-hydrogen) atoms. The van der Waals surface area contributed by atoms with E-state index in [0.717, 1.165) is 27.7 Å². The van der Waals surface area contributed by atoms with Crippen LogP contribution in [0, 0.1) is 0 Å². The van der Waals surface area contributed by atoms with Crippen LogP contribution in [0.15, 0.2) is 81.1 Å². The van der Waals surface area contributed by atoms with Gasteiger partial charge in [0.2, 0.25) is 0 Å². The molecule has 0 spiro atoms. The van der Waals surface area contributed by atoms with Crippen molar-refractivity contribution >= 4 is 56.5 Å². The van der Waals surface area contributed by atoms with Crippen molar-refractivity contribution in [1.29, 1.82) is 0 Å². The predicted octanol–water partition coefficient (Wildman–Crippen LogP) is 7.53. The molecule has 0 aliphatic carbocycles. The first-order chi connectivity index (χ1) is 18.8. The monoisotopic (exact) mass is 608 g/mol. The Morgan fingerprint density at radius 3 is 2.49 bits per heavy atom. The molecule has 1 N–H and O–H groups in total. The average molecular weight is 610 g/mol. The summed E-state index contributed by atoms with van der Waals surface area (Å²) in [7, 11) is 0. The van der Waals surface area contributed by atoms with Crippen LogP contribution in [0.4, 0.5) is 5.69 Å². The largest absolute Gasteiger partial charge is 0.490 e. The van der Waals surface area contributed by atoms with Gasteiger partial charge in [-0.05, 0) is 102 Å². The third-order valence-corrected chi connectivity index (χ3v) is 7.53. The molecule has 202 valence electrons. The van der Waals surface area contributed by atoms with E-state index >= 15 is 0 Å². The molecule has 1 atom stereocenters. The fourth-order valence-corrected chi connectivity index (χ4v) is 5.31. The van der Waals surface area contributed by atoms with E-state index < -0.39 is 5.97 Å². The number of amides is 1. The van der Waals surface area contributed by atoms with Gasteiger partial charge in [0.1, 0.15) is 0 Å². The smallest absolute Gasteiger partial charge is 0.335 e. The molecule has 9 heteroatoms. The van der Waals surface area contributed by atoms with E-state index in [4.69, 9.17) is 14.5 Å². The van der Waals surface area contributed by atoms with Crippen LogP contribution >= 0.6 is 27.7 Å². The molecular weight excluding hydrogens is 580 g/mol. The standard InChI is InChI=1S/C30H29BrN2O5S/c1-4-19(3)38-27-24(31)15-21(16-25(27)37-5-2)17-26-28(34)33(18-20-11-13-22(14-12-20)29(35)36)30(39-26)32-23-9-7-6-8-10-23/h6-17,19H,4-5,18H2,1-3H3,(H,35,36)/b26-17+,32-30?. The maximum absolute atomic E-state index is 13.6. The van der Waals surface area contributed by atoms with Gasteiger partial charge in [-0.1, -0.05) is 37.3 Å². The number of para-hydroxylation sites is 1. The van der Waals surface area contributed by atoms with Crippen LogP contribution in [0.25, 0.3) is 6.08 Å². The van der Waals surface area contributed by atoms with Gasteiger partial charge >= 0.3 is 5.97 Å². The van der Waals surface area contributed by atoms with Crippen molar-refractivity contribution in [2.45, 2.75) is 39.8 Å². The lowest BCUT2D eigenvalue weighted by Crippen LogP contribution is -2.28. The van der Waals surface area contributed by atoms with E-state index in [1.807, 2.05) is 62.4 Å². The van der Waals surface area contributed by atoms with Gasteiger partial charge in [-0.3, -0.25) is 9.69 Å². The fraction of sp³-hybridized carbons (Fsp3) is 0.233. The number of aliphatic imine (C=N–C) groups is 1. The van der Waals surface area contributed by atoms with E-state index in [-0.39, 0.29) is 24.1 Å². The van der Waals surface area contributed by atoms with Gasteiger partial charge < -0.3 is 14.6 Å². The van der Waals surface area contributed by atoms with Gasteiger partial charge in [-0.25, -0.2) is 9.79 Å². The first-order valence-corrected chi connectivity index (χ1v) is 14.2. The lowest BCUT2D eigenvalue weighted by Gasteiger charge is -2.18. The van der Waals surface area contributed by atoms with E-state index in [1.54, 1.807) is 17.0 Å². The number of carbonyl (C=O) groups is 2. The van der Waals surface area contributed by atoms with Gasteiger partial charge in [0, 0.05) is 0 Å². The highest BCUT2D eigenvalue weighted by atomic mass is 79.9. The van der Waals surface area contributed by atoms with Crippen LogP contribution in [0.5, 0.6) is 11.5 Å². The molecule has 0 bridgehead atoms. The van der Waals surface area contributed by atoms with Crippen molar-refractivity contribution in [1.82, 2.24) is 4.90 Å². The third kappa shape index (κ3) is 7.10. The summed E-state index contributed by atoms with van der Waals surface area (Å²) in [4.78, 5) is 31.7. The number of carboxylic acid groups (broad SMARTS) is 1. The molecule has 0 radical (unpaired) electrons. The number of aromatic carboxylic acids is 1. The maximum Gasteiger partial charge on any atom is 0.335 e. The molecule has 3 aromatic rings. The van der Waals surface area contributed by atoms with Crippen molar-refractivity contribution in [3.05, 3.63) is 92.8 Å². The number of thioether (sulfide) groups is 1. The Hall–Kier alpha value is -3.56. The van der Waals surface area contributed by atoms with Crippen LogP contribution in [0.1, 0.15) is 48.7 Å². The molecule has 1 aliphatic heterocycles. The zero-order chi connectivity index (χ0) is 27.9. The first kappa shape index (κ1) is 28.4. The van der Waals surface area contributed by atoms with E-state index in [9.17, 15) is 14.7 Å². The predicted molar refractivity (Wildman–Crippen MR) is 159 cm³/mol. The summed E-state index contributed by atoms with van der Waals surface area (Å²) in [6.07, 6.45) is 2.70. The molecule has 0 saturated carbocycles. The number of carbonyl (C=O) groups excluding carboxylic acids is 1. The lowest BCUT2D eigenvalue weighted by atomic mass is 10.1. The van der Waals surface area contributed by atoms with Crippen LogP contribution in [-0.2, 0) is 11.3 Å². The summed E-state index contributed by atoms with van der Waals surface area (Å²) in [5.41, 5.74) is 2.50. The second-order valence-corrected chi connectivity index (χ2v) is 10.7. The number of carboxylic acids is 1. The topological polar surface area (TPSA) is 88.4 Å². The summed E-state index contributed by atoms with van der Waals surface area (Å²) in [5.74, 6) is 0.0506. The minimum atomic E-state index is -0.996. The molecule has 0 aromatic heterocycles. The van der Waals surface area contributed by atoms with Gasteiger partial charge in [0.25, 0.3) is 5.91 Å². The number of rotatable bonds is 10. The summed E-state index contributed by atoms with van der Waals surface area (Å²) < 4.78 is 12.7. The highest BCUT2D eigenvalue weighted by Crippen LogP contribution is 2.40. The lowest BCUT2D eigenvalue weighted by molar-refractivity contribution is -0.122. The number of hydrogen-bond acceptors (Lipinski definition) is 6. The van der Waals surface area contributed by atoms with Gasteiger partial charge in [-0.15, -0.1) is 0 Å². The van der Waals surface area contributed by atoms with Crippen molar-refractivity contribution in [3.63, 3.8) is 0 Å². The zero-order valence-electron chi connectivity index (χ0n) is 21.9.